The fraction of sp³-hybridized carbons (Fsp3) is 0.304. The number of nitriles is 1. The molecular formula is C23H24N4O2S. The Balaban J connectivity index is 1.62. The molecule has 0 spiro atoms. The Bertz CT molecular complexity index is 1030. The van der Waals surface area contributed by atoms with Crippen LogP contribution in [0.2, 0.25) is 0 Å². The number of carbonyl (C=O) groups is 1. The van der Waals surface area contributed by atoms with Gasteiger partial charge in [-0.05, 0) is 42.0 Å². The maximum absolute atomic E-state index is 13.1. The van der Waals surface area contributed by atoms with E-state index in [4.69, 9.17) is 4.74 Å². The highest BCUT2D eigenvalue weighted by Crippen LogP contribution is 2.43. The van der Waals surface area contributed by atoms with Crippen LogP contribution in [0.4, 0.5) is 11.4 Å². The molecule has 0 bridgehead atoms. The second kappa shape index (κ2) is 8.33. The number of benzene rings is 2. The molecule has 1 fully saturated rings. The minimum atomic E-state index is -0.234. The van der Waals surface area contributed by atoms with Crippen LogP contribution in [-0.2, 0) is 4.79 Å². The van der Waals surface area contributed by atoms with Crippen LogP contribution in [0.15, 0.2) is 59.1 Å². The van der Waals surface area contributed by atoms with E-state index in [1.807, 2.05) is 38.4 Å². The van der Waals surface area contributed by atoms with Crippen molar-refractivity contribution in [2.45, 2.75) is 12.3 Å². The molecule has 154 valence electrons. The SMILES string of the molecule is COc1cccc(C2CC(=O)N3CN(c4ccc(N(C)C)cc4)CSC3=C2C#N)c1. The van der Waals surface area contributed by atoms with Crippen molar-refractivity contribution >= 4 is 29.0 Å². The molecule has 1 saturated heterocycles. The third-order valence-electron chi connectivity index (χ3n) is 5.52. The van der Waals surface area contributed by atoms with Crippen molar-refractivity contribution < 1.29 is 9.53 Å². The summed E-state index contributed by atoms with van der Waals surface area (Å²) in [5.74, 6) is 1.23. The van der Waals surface area contributed by atoms with Gasteiger partial charge in [0, 0.05) is 37.8 Å². The lowest BCUT2D eigenvalue weighted by atomic mass is 9.86. The molecular weight excluding hydrogens is 396 g/mol. The van der Waals surface area contributed by atoms with Crippen LogP contribution in [0.25, 0.3) is 0 Å². The van der Waals surface area contributed by atoms with E-state index in [2.05, 4.69) is 40.1 Å². The highest BCUT2D eigenvalue weighted by Gasteiger charge is 2.38. The highest BCUT2D eigenvalue weighted by atomic mass is 32.2. The van der Waals surface area contributed by atoms with Gasteiger partial charge in [-0.1, -0.05) is 23.9 Å². The second-order valence-corrected chi connectivity index (χ2v) is 8.48. The summed E-state index contributed by atoms with van der Waals surface area (Å²) < 4.78 is 5.32. The number of fused-ring (bicyclic) bond motifs is 1. The van der Waals surface area contributed by atoms with Crippen molar-refractivity contribution in [3.05, 3.63) is 64.7 Å². The third-order valence-corrected chi connectivity index (χ3v) is 6.68. The fourth-order valence-corrected chi connectivity index (χ4v) is 5.00. The summed E-state index contributed by atoms with van der Waals surface area (Å²) >= 11 is 1.55. The number of thioether (sulfide) groups is 1. The van der Waals surface area contributed by atoms with E-state index in [1.54, 1.807) is 23.8 Å². The zero-order chi connectivity index (χ0) is 21.3. The maximum atomic E-state index is 13.1. The maximum Gasteiger partial charge on any atom is 0.229 e. The zero-order valence-electron chi connectivity index (χ0n) is 17.3. The number of rotatable bonds is 4. The van der Waals surface area contributed by atoms with E-state index in [0.717, 1.165) is 27.7 Å². The molecule has 0 radical (unpaired) electrons. The first-order chi connectivity index (χ1) is 14.5. The molecule has 1 unspecified atom stereocenters. The Morgan fingerprint density at radius 2 is 1.97 bits per heavy atom. The summed E-state index contributed by atoms with van der Waals surface area (Å²) in [6.07, 6.45) is 0.285. The zero-order valence-corrected chi connectivity index (χ0v) is 18.1. The first-order valence-corrected chi connectivity index (χ1v) is 10.7. The average molecular weight is 421 g/mol. The molecule has 0 saturated carbocycles. The lowest BCUT2D eigenvalue weighted by molar-refractivity contribution is -0.129. The van der Waals surface area contributed by atoms with Crippen LogP contribution in [0.1, 0.15) is 17.9 Å². The Hall–Kier alpha value is -3.11. The smallest absolute Gasteiger partial charge is 0.229 e. The fourth-order valence-electron chi connectivity index (χ4n) is 3.83. The number of hydrogen-bond acceptors (Lipinski definition) is 6. The van der Waals surface area contributed by atoms with E-state index in [0.29, 0.717) is 18.1 Å². The number of hydrogen-bond donors (Lipinski definition) is 0. The first-order valence-electron chi connectivity index (χ1n) is 9.75. The minimum absolute atomic E-state index is 0.0407. The normalized spacial score (nSPS) is 18.7. The predicted molar refractivity (Wildman–Crippen MR) is 120 cm³/mol. The van der Waals surface area contributed by atoms with Crippen LogP contribution >= 0.6 is 11.8 Å². The largest absolute Gasteiger partial charge is 0.497 e. The first kappa shape index (κ1) is 20.2. The Labute approximate surface area is 181 Å². The quantitative estimate of drug-likeness (QED) is 0.746. The number of methoxy groups -OCH3 is 1. The Kier molecular flexibility index (Phi) is 5.60. The molecule has 1 amide bonds. The third kappa shape index (κ3) is 3.71. The Morgan fingerprint density at radius 1 is 1.20 bits per heavy atom. The summed E-state index contributed by atoms with van der Waals surface area (Å²) in [5, 5.41) is 10.7. The van der Waals surface area contributed by atoms with Crippen LogP contribution < -0.4 is 14.5 Å². The molecule has 2 aromatic rings. The van der Waals surface area contributed by atoms with Crippen molar-refractivity contribution in [3.63, 3.8) is 0 Å². The molecule has 7 heteroatoms. The number of carbonyl (C=O) groups excluding carboxylic acids is 1. The van der Waals surface area contributed by atoms with Crippen molar-refractivity contribution in [1.82, 2.24) is 4.90 Å². The highest BCUT2D eigenvalue weighted by molar-refractivity contribution is 8.03. The molecule has 0 N–H and O–H groups in total. The van der Waals surface area contributed by atoms with Crippen LogP contribution in [0.3, 0.4) is 0 Å². The standard InChI is InChI=1S/C23H24N4O2S/c1-25(2)17-7-9-18(10-8-17)26-14-27-22(28)12-20(21(13-24)23(27)30-15-26)16-5-4-6-19(11-16)29-3/h4-11,20H,12,14-15H2,1-3H3. The van der Waals surface area contributed by atoms with Gasteiger partial charge in [0.25, 0.3) is 0 Å². The van der Waals surface area contributed by atoms with Gasteiger partial charge in [0.15, 0.2) is 0 Å². The van der Waals surface area contributed by atoms with E-state index >= 15 is 0 Å². The summed E-state index contributed by atoms with van der Waals surface area (Å²) in [4.78, 5) is 19.0. The van der Waals surface area contributed by atoms with Gasteiger partial charge in [0.05, 0.1) is 36.3 Å². The van der Waals surface area contributed by atoms with E-state index in [9.17, 15) is 10.1 Å². The number of nitrogens with zero attached hydrogens (tertiary/aromatic N) is 4. The van der Waals surface area contributed by atoms with Crippen molar-refractivity contribution in [3.8, 4) is 11.8 Å². The number of allylic oxidation sites excluding steroid dienone is 1. The lowest BCUT2D eigenvalue weighted by Crippen LogP contribution is -2.47. The van der Waals surface area contributed by atoms with Crippen LogP contribution in [0, 0.1) is 11.3 Å². The van der Waals surface area contributed by atoms with Crippen molar-refractivity contribution in [2.75, 3.05) is 43.6 Å². The van der Waals surface area contributed by atoms with E-state index in [1.165, 1.54) is 0 Å². The molecule has 2 aliphatic heterocycles. The van der Waals surface area contributed by atoms with Gasteiger partial charge in [-0.25, -0.2) is 0 Å². The van der Waals surface area contributed by atoms with Crippen molar-refractivity contribution in [1.29, 1.82) is 5.26 Å². The van der Waals surface area contributed by atoms with E-state index in [-0.39, 0.29) is 18.2 Å². The number of amides is 1. The van der Waals surface area contributed by atoms with Crippen LogP contribution in [-0.4, -0.2) is 44.6 Å². The molecule has 1 atom stereocenters. The molecule has 2 aromatic carbocycles. The molecule has 6 nitrogen and oxygen atoms in total. The number of ether oxygens (including phenoxy) is 1. The topological polar surface area (TPSA) is 59.8 Å². The molecule has 30 heavy (non-hydrogen) atoms. The Morgan fingerprint density at radius 3 is 2.63 bits per heavy atom. The van der Waals surface area contributed by atoms with Gasteiger partial charge in [0.2, 0.25) is 5.91 Å². The summed E-state index contributed by atoms with van der Waals surface area (Å²) in [5.41, 5.74) is 3.79. The summed E-state index contributed by atoms with van der Waals surface area (Å²) in [6.45, 7) is 0.457. The van der Waals surface area contributed by atoms with Gasteiger partial charge in [-0.2, -0.15) is 5.26 Å². The monoisotopic (exact) mass is 420 g/mol. The predicted octanol–water partition coefficient (Wildman–Crippen LogP) is 3.98. The average Bonchev–Trinajstić information content (AvgIpc) is 2.79. The number of anilines is 2. The molecule has 2 aliphatic rings. The van der Waals surface area contributed by atoms with Gasteiger partial charge in [-0.15, -0.1) is 0 Å². The molecule has 2 heterocycles. The molecule has 0 aromatic heterocycles. The summed E-state index contributed by atoms with van der Waals surface area (Å²) in [7, 11) is 5.64. The minimum Gasteiger partial charge on any atom is -0.497 e. The molecule has 4 rings (SSSR count). The van der Waals surface area contributed by atoms with E-state index < -0.39 is 0 Å². The summed E-state index contributed by atoms with van der Waals surface area (Å²) in [6, 6.07) is 18.3. The van der Waals surface area contributed by atoms with Gasteiger partial charge in [0.1, 0.15) is 5.75 Å². The van der Waals surface area contributed by atoms with Gasteiger partial charge >= 0.3 is 0 Å². The van der Waals surface area contributed by atoms with Crippen molar-refractivity contribution in [2.24, 2.45) is 0 Å². The van der Waals surface area contributed by atoms with Gasteiger partial charge < -0.3 is 14.5 Å². The molecule has 0 aliphatic carbocycles. The van der Waals surface area contributed by atoms with Gasteiger partial charge in [-0.3, -0.25) is 9.69 Å². The second-order valence-electron chi connectivity index (χ2n) is 7.55. The van der Waals surface area contributed by atoms with Crippen LogP contribution in [0.5, 0.6) is 5.75 Å². The lowest BCUT2D eigenvalue weighted by Gasteiger charge is -2.42.